The maximum absolute atomic E-state index is 12.8. The van der Waals surface area contributed by atoms with Crippen molar-refractivity contribution in [1.82, 2.24) is 10.2 Å². The summed E-state index contributed by atoms with van der Waals surface area (Å²) in [7, 11) is 0. The number of carbonyl (C=O) groups is 1. The first-order valence-electron chi connectivity index (χ1n) is 7.64. The van der Waals surface area contributed by atoms with Crippen molar-refractivity contribution in [3.8, 4) is 0 Å². The Morgan fingerprint density at radius 1 is 1.33 bits per heavy atom. The molecule has 1 aromatic carbocycles. The second-order valence-corrected chi connectivity index (χ2v) is 6.18. The highest BCUT2D eigenvalue weighted by molar-refractivity contribution is 5.85. The molecule has 2 atom stereocenters. The zero-order valence-electron chi connectivity index (χ0n) is 13.2. The molecule has 2 rings (SSSR count). The molecule has 1 saturated heterocycles. The van der Waals surface area contributed by atoms with Crippen molar-refractivity contribution in [1.29, 1.82) is 0 Å². The molecule has 1 amide bonds. The van der Waals surface area contributed by atoms with Crippen LogP contribution in [0.1, 0.15) is 26.3 Å². The zero-order chi connectivity index (χ0) is 14.5. The van der Waals surface area contributed by atoms with E-state index in [4.69, 9.17) is 0 Å². The van der Waals surface area contributed by atoms with E-state index in [0.717, 1.165) is 26.1 Å². The Bertz CT molecular complexity index is 436. The summed E-state index contributed by atoms with van der Waals surface area (Å²) in [4.78, 5) is 14.8. The molecule has 0 spiro atoms. The van der Waals surface area contributed by atoms with Gasteiger partial charge >= 0.3 is 0 Å². The Labute approximate surface area is 134 Å². The molecule has 2 unspecified atom stereocenters. The molecular weight excluding hydrogens is 284 g/mol. The lowest BCUT2D eigenvalue weighted by Crippen LogP contribution is -2.53. The number of carbonyl (C=O) groups excluding carboxylic acids is 1. The fourth-order valence-electron chi connectivity index (χ4n) is 2.84. The number of piperazine rings is 1. The fraction of sp³-hybridized carbons (Fsp3) is 0.588. The molecule has 4 heteroatoms. The lowest BCUT2D eigenvalue weighted by atomic mass is 9.87. The monoisotopic (exact) mass is 310 g/mol. The fourth-order valence-corrected chi connectivity index (χ4v) is 2.84. The van der Waals surface area contributed by atoms with Gasteiger partial charge < -0.3 is 10.2 Å². The van der Waals surface area contributed by atoms with Crippen LogP contribution in [0.2, 0.25) is 0 Å². The number of rotatable bonds is 4. The maximum atomic E-state index is 12.8. The van der Waals surface area contributed by atoms with E-state index in [2.05, 4.69) is 38.2 Å². The summed E-state index contributed by atoms with van der Waals surface area (Å²) in [6, 6.07) is 10.7. The van der Waals surface area contributed by atoms with Crippen LogP contribution in [0, 0.1) is 11.8 Å². The third kappa shape index (κ3) is 5.01. The molecule has 0 bridgehead atoms. The lowest BCUT2D eigenvalue weighted by molar-refractivity contribution is -0.138. The third-order valence-corrected chi connectivity index (χ3v) is 4.10. The number of hydrogen-bond donors (Lipinski definition) is 1. The van der Waals surface area contributed by atoms with E-state index in [9.17, 15) is 4.79 Å². The van der Waals surface area contributed by atoms with Crippen LogP contribution in [-0.4, -0.2) is 36.5 Å². The highest BCUT2D eigenvalue weighted by Crippen LogP contribution is 2.20. The normalized spacial score (nSPS) is 20.0. The summed E-state index contributed by atoms with van der Waals surface area (Å²) in [5.41, 5.74) is 1.25. The van der Waals surface area contributed by atoms with Crippen molar-refractivity contribution >= 4 is 18.3 Å². The van der Waals surface area contributed by atoms with Gasteiger partial charge in [0.1, 0.15) is 0 Å². The van der Waals surface area contributed by atoms with Crippen LogP contribution in [0.15, 0.2) is 30.3 Å². The Morgan fingerprint density at radius 2 is 2.00 bits per heavy atom. The number of amides is 1. The summed E-state index contributed by atoms with van der Waals surface area (Å²) in [6.45, 7) is 9.01. The molecule has 3 nitrogen and oxygen atoms in total. The molecule has 1 fully saturated rings. The van der Waals surface area contributed by atoms with Crippen molar-refractivity contribution in [2.45, 2.75) is 33.2 Å². The summed E-state index contributed by atoms with van der Waals surface area (Å²) < 4.78 is 0. The highest BCUT2D eigenvalue weighted by atomic mass is 35.5. The Hall–Kier alpha value is -1.06. The van der Waals surface area contributed by atoms with Gasteiger partial charge in [0.25, 0.3) is 0 Å². The van der Waals surface area contributed by atoms with Crippen LogP contribution in [-0.2, 0) is 11.2 Å². The molecule has 0 saturated carbocycles. The summed E-state index contributed by atoms with van der Waals surface area (Å²) in [5.74, 6) is 0.771. The predicted molar refractivity (Wildman–Crippen MR) is 89.8 cm³/mol. The molecule has 1 aromatic rings. The number of halogens is 1. The van der Waals surface area contributed by atoms with Gasteiger partial charge in [0.05, 0.1) is 0 Å². The van der Waals surface area contributed by atoms with E-state index in [1.54, 1.807) is 0 Å². The van der Waals surface area contributed by atoms with E-state index in [-0.39, 0.29) is 18.3 Å². The van der Waals surface area contributed by atoms with Crippen molar-refractivity contribution < 1.29 is 4.79 Å². The molecular formula is C17H27ClN2O. The predicted octanol–water partition coefficient (Wildman–Crippen LogP) is 2.74. The van der Waals surface area contributed by atoms with Crippen LogP contribution >= 0.6 is 12.4 Å². The summed E-state index contributed by atoms with van der Waals surface area (Å²) in [5, 5.41) is 3.39. The number of benzene rings is 1. The third-order valence-electron chi connectivity index (χ3n) is 4.10. The van der Waals surface area contributed by atoms with Crippen molar-refractivity contribution in [3.05, 3.63) is 35.9 Å². The van der Waals surface area contributed by atoms with Gasteiger partial charge in [0.15, 0.2) is 0 Å². The van der Waals surface area contributed by atoms with Crippen molar-refractivity contribution in [3.63, 3.8) is 0 Å². The molecule has 0 radical (unpaired) electrons. The summed E-state index contributed by atoms with van der Waals surface area (Å²) in [6.07, 6.45) is 0.843. The van der Waals surface area contributed by atoms with Crippen LogP contribution in [0.4, 0.5) is 0 Å². The van der Waals surface area contributed by atoms with Crippen LogP contribution in [0.25, 0.3) is 0 Å². The van der Waals surface area contributed by atoms with Gasteiger partial charge in [-0.3, -0.25) is 4.79 Å². The molecule has 0 aliphatic carbocycles. The van der Waals surface area contributed by atoms with Crippen LogP contribution < -0.4 is 5.32 Å². The second kappa shape index (κ2) is 8.40. The molecule has 118 valence electrons. The van der Waals surface area contributed by atoms with Gasteiger partial charge in [-0.25, -0.2) is 0 Å². The highest BCUT2D eigenvalue weighted by Gasteiger charge is 2.29. The Balaban J connectivity index is 0.00000220. The first-order chi connectivity index (χ1) is 9.58. The van der Waals surface area contributed by atoms with E-state index < -0.39 is 0 Å². The molecule has 1 aliphatic rings. The standard InChI is InChI=1S/C17H26N2O.ClH/c1-13(2)16(11-15-7-5-4-6-8-15)17(20)19-10-9-18-14(3)12-19;/h4-8,13-14,16,18H,9-12H2,1-3H3;1H. The minimum Gasteiger partial charge on any atom is -0.340 e. The average Bonchev–Trinajstić information content (AvgIpc) is 2.45. The molecule has 1 N–H and O–H groups in total. The molecule has 0 aromatic heterocycles. The van der Waals surface area contributed by atoms with Crippen LogP contribution in [0.3, 0.4) is 0 Å². The smallest absolute Gasteiger partial charge is 0.226 e. The summed E-state index contributed by atoms with van der Waals surface area (Å²) >= 11 is 0. The number of nitrogens with one attached hydrogen (secondary N) is 1. The van der Waals surface area contributed by atoms with Gasteiger partial charge in [-0.05, 0) is 24.8 Å². The van der Waals surface area contributed by atoms with Gasteiger partial charge in [0.2, 0.25) is 5.91 Å². The Kier molecular flexibility index (Phi) is 7.20. The van der Waals surface area contributed by atoms with Gasteiger partial charge in [-0.15, -0.1) is 12.4 Å². The number of hydrogen-bond acceptors (Lipinski definition) is 2. The Morgan fingerprint density at radius 3 is 2.57 bits per heavy atom. The zero-order valence-corrected chi connectivity index (χ0v) is 14.0. The van der Waals surface area contributed by atoms with E-state index in [1.165, 1.54) is 5.56 Å². The van der Waals surface area contributed by atoms with Crippen molar-refractivity contribution in [2.75, 3.05) is 19.6 Å². The van der Waals surface area contributed by atoms with Gasteiger partial charge in [-0.1, -0.05) is 44.2 Å². The second-order valence-electron chi connectivity index (χ2n) is 6.18. The number of nitrogens with zero attached hydrogens (tertiary/aromatic N) is 1. The molecule has 1 aliphatic heterocycles. The largest absolute Gasteiger partial charge is 0.340 e. The van der Waals surface area contributed by atoms with Gasteiger partial charge in [0, 0.05) is 31.6 Å². The van der Waals surface area contributed by atoms with Crippen LogP contribution in [0.5, 0.6) is 0 Å². The average molecular weight is 311 g/mol. The van der Waals surface area contributed by atoms with E-state index in [0.29, 0.717) is 17.9 Å². The topological polar surface area (TPSA) is 32.3 Å². The van der Waals surface area contributed by atoms with Crippen molar-refractivity contribution in [2.24, 2.45) is 11.8 Å². The maximum Gasteiger partial charge on any atom is 0.226 e. The molecule has 21 heavy (non-hydrogen) atoms. The first kappa shape index (κ1) is 18.0. The van der Waals surface area contributed by atoms with E-state index in [1.807, 2.05) is 23.1 Å². The molecule has 1 heterocycles. The first-order valence-corrected chi connectivity index (χ1v) is 7.64. The van der Waals surface area contributed by atoms with Gasteiger partial charge in [-0.2, -0.15) is 0 Å². The quantitative estimate of drug-likeness (QED) is 0.927. The SMILES string of the molecule is CC1CN(C(=O)C(Cc2ccccc2)C(C)C)CCN1.Cl. The van der Waals surface area contributed by atoms with E-state index >= 15 is 0 Å². The lowest BCUT2D eigenvalue weighted by Gasteiger charge is -2.35. The minimum absolute atomic E-state index is 0. The minimum atomic E-state index is 0.